The molecule has 3 rings (SSSR count). The molecule has 0 spiro atoms. The molecular weight excluding hydrogens is 380 g/mol. The van der Waals surface area contributed by atoms with Gasteiger partial charge in [0.1, 0.15) is 23.0 Å². The summed E-state index contributed by atoms with van der Waals surface area (Å²) in [6, 6.07) is 15.6. The summed E-state index contributed by atoms with van der Waals surface area (Å²) in [5.41, 5.74) is 2.12. The van der Waals surface area contributed by atoms with Gasteiger partial charge in [0.15, 0.2) is 5.96 Å². The molecule has 0 aliphatic carbocycles. The van der Waals surface area contributed by atoms with Crippen molar-refractivity contribution in [1.82, 2.24) is 15.6 Å². The molecule has 1 aromatic heterocycles. The fraction of sp³-hybridized carbons (Fsp3) is 0.304. The van der Waals surface area contributed by atoms with Crippen molar-refractivity contribution in [3.05, 3.63) is 71.4 Å². The maximum absolute atomic E-state index is 5.86. The number of hydrogen-bond acceptors (Lipinski definition) is 5. The highest BCUT2D eigenvalue weighted by molar-refractivity contribution is 5.79. The molecule has 158 valence electrons. The highest BCUT2D eigenvalue weighted by atomic mass is 16.5. The summed E-state index contributed by atoms with van der Waals surface area (Å²) in [7, 11) is 3.39. The van der Waals surface area contributed by atoms with Gasteiger partial charge in [-0.05, 0) is 62.2 Å². The van der Waals surface area contributed by atoms with Gasteiger partial charge in [-0.25, -0.2) is 4.98 Å². The number of methoxy groups -OCH3 is 1. The molecule has 7 nitrogen and oxygen atoms in total. The Bertz CT molecular complexity index is 944. The number of aryl methyl sites for hydroxylation is 2. The van der Waals surface area contributed by atoms with Crippen molar-refractivity contribution in [1.29, 1.82) is 0 Å². The SMILES string of the molecule is CN=C(NCCc1ccc(Oc2ccc(OC)cc2)cc1)NCc1nc(C)c(C)o1. The minimum atomic E-state index is 0.492. The van der Waals surface area contributed by atoms with Crippen LogP contribution in [0.2, 0.25) is 0 Å². The molecule has 1 heterocycles. The van der Waals surface area contributed by atoms with Gasteiger partial charge in [0.25, 0.3) is 0 Å². The Kier molecular flexibility index (Phi) is 7.32. The summed E-state index contributed by atoms with van der Waals surface area (Å²) in [4.78, 5) is 8.59. The van der Waals surface area contributed by atoms with Gasteiger partial charge in [-0.2, -0.15) is 0 Å². The number of hydrogen-bond donors (Lipinski definition) is 2. The molecule has 0 bridgehead atoms. The molecular formula is C23H28N4O3. The van der Waals surface area contributed by atoms with Gasteiger partial charge >= 0.3 is 0 Å². The first-order chi connectivity index (χ1) is 14.6. The van der Waals surface area contributed by atoms with E-state index in [1.807, 2.05) is 50.2 Å². The predicted octanol–water partition coefficient (Wildman–Crippen LogP) is 4.00. The zero-order valence-electron chi connectivity index (χ0n) is 17.9. The van der Waals surface area contributed by atoms with Crippen molar-refractivity contribution >= 4 is 5.96 Å². The zero-order chi connectivity index (χ0) is 21.3. The van der Waals surface area contributed by atoms with Crippen molar-refractivity contribution < 1.29 is 13.9 Å². The van der Waals surface area contributed by atoms with Crippen LogP contribution in [-0.4, -0.2) is 31.6 Å². The topological polar surface area (TPSA) is 80.9 Å². The predicted molar refractivity (Wildman–Crippen MR) is 117 cm³/mol. The molecule has 0 fully saturated rings. The molecule has 0 saturated carbocycles. The third kappa shape index (κ3) is 6.01. The van der Waals surface area contributed by atoms with Crippen LogP contribution in [0.5, 0.6) is 17.2 Å². The van der Waals surface area contributed by atoms with Crippen LogP contribution in [0.3, 0.4) is 0 Å². The van der Waals surface area contributed by atoms with E-state index in [1.165, 1.54) is 5.56 Å². The monoisotopic (exact) mass is 408 g/mol. The lowest BCUT2D eigenvalue weighted by Gasteiger charge is -2.11. The maximum atomic E-state index is 5.86. The highest BCUT2D eigenvalue weighted by Crippen LogP contribution is 2.24. The first kappa shape index (κ1) is 21.2. The lowest BCUT2D eigenvalue weighted by atomic mass is 10.1. The second-order valence-corrected chi connectivity index (χ2v) is 6.77. The van der Waals surface area contributed by atoms with E-state index >= 15 is 0 Å². The third-order valence-electron chi connectivity index (χ3n) is 4.63. The molecule has 2 aromatic carbocycles. The number of ether oxygens (including phenoxy) is 2. The van der Waals surface area contributed by atoms with E-state index in [2.05, 4.69) is 32.7 Å². The molecule has 7 heteroatoms. The van der Waals surface area contributed by atoms with E-state index < -0.39 is 0 Å². The number of nitrogens with one attached hydrogen (secondary N) is 2. The number of nitrogens with zero attached hydrogens (tertiary/aromatic N) is 2. The molecule has 30 heavy (non-hydrogen) atoms. The van der Waals surface area contributed by atoms with Gasteiger partial charge in [0.2, 0.25) is 5.89 Å². The standard InChI is InChI=1S/C23H28N4O3/c1-16-17(2)29-22(27-16)15-26-23(24-3)25-14-13-18-5-7-20(8-6-18)30-21-11-9-19(28-4)10-12-21/h5-12H,13-15H2,1-4H3,(H2,24,25,26). The first-order valence-corrected chi connectivity index (χ1v) is 9.85. The van der Waals surface area contributed by atoms with Crippen LogP contribution in [0.4, 0.5) is 0 Å². The quantitative estimate of drug-likeness (QED) is 0.433. The smallest absolute Gasteiger partial charge is 0.214 e. The highest BCUT2D eigenvalue weighted by Gasteiger charge is 2.06. The summed E-state index contributed by atoms with van der Waals surface area (Å²) in [5, 5.41) is 6.51. The summed E-state index contributed by atoms with van der Waals surface area (Å²) in [6.45, 7) is 5.09. The summed E-state index contributed by atoms with van der Waals surface area (Å²) in [5.74, 6) is 4.58. The van der Waals surface area contributed by atoms with E-state index in [-0.39, 0.29) is 0 Å². The Balaban J connectivity index is 1.43. The van der Waals surface area contributed by atoms with E-state index in [9.17, 15) is 0 Å². The Morgan fingerprint density at radius 2 is 1.60 bits per heavy atom. The number of rotatable bonds is 8. The molecule has 0 aliphatic rings. The van der Waals surface area contributed by atoms with Crippen LogP contribution in [0.1, 0.15) is 22.9 Å². The maximum Gasteiger partial charge on any atom is 0.214 e. The number of guanidine groups is 1. The van der Waals surface area contributed by atoms with Gasteiger partial charge in [0.05, 0.1) is 19.3 Å². The lowest BCUT2D eigenvalue weighted by molar-refractivity contribution is 0.413. The largest absolute Gasteiger partial charge is 0.497 e. The van der Waals surface area contributed by atoms with Gasteiger partial charge in [-0.15, -0.1) is 0 Å². The van der Waals surface area contributed by atoms with Crippen LogP contribution in [-0.2, 0) is 13.0 Å². The molecule has 0 atom stereocenters. The minimum Gasteiger partial charge on any atom is -0.497 e. The molecule has 2 N–H and O–H groups in total. The Hall–Kier alpha value is -3.48. The average Bonchev–Trinajstić information content (AvgIpc) is 3.09. The number of benzene rings is 2. The molecule has 0 aliphatic heterocycles. The zero-order valence-corrected chi connectivity index (χ0v) is 17.9. The van der Waals surface area contributed by atoms with Crippen LogP contribution in [0, 0.1) is 13.8 Å². The molecule has 0 amide bonds. The van der Waals surface area contributed by atoms with Crippen LogP contribution < -0.4 is 20.1 Å². The van der Waals surface area contributed by atoms with Crippen molar-refractivity contribution in [2.75, 3.05) is 20.7 Å². The van der Waals surface area contributed by atoms with Crippen molar-refractivity contribution in [2.24, 2.45) is 4.99 Å². The number of aromatic nitrogens is 1. The van der Waals surface area contributed by atoms with E-state index in [0.717, 1.165) is 41.7 Å². The van der Waals surface area contributed by atoms with Crippen LogP contribution in [0.25, 0.3) is 0 Å². The number of aliphatic imine (C=N–C) groups is 1. The van der Waals surface area contributed by atoms with E-state index in [4.69, 9.17) is 13.9 Å². The summed E-state index contributed by atoms with van der Waals surface area (Å²) in [6.07, 6.45) is 0.862. The third-order valence-corrected chi connectivity index (χ3v) is 4.63. The molecule has 0 radical (unpaired) electrons. The minimum absolute atomic E-state index is 0.492. The Morgan fingerprint density at radius 1 is 0.967 bits per heavy atom. The van der Waals surface area contributed by atoms with Crippen molar-refractivity contribution in [2.45, 2.75) is 26.8 Å². The Morgan fingerprint density at radius 3 is 2.17 bits per heavy atom. The fourth-order valence-electron chi connectivity index (χ4n) is 2.82. The molecule has 0 saturated heterocycles. The number of oxazole rings is 1. The molecule has 0 unspecified atom stereocenters. The van der Waals surface area contributed by atoms with Gasteiger partial charge < -0.3 is 24.5 Å². The molecule has 3 aromatic rings. The van der Waals surface area contributed by atoms with Gasteiger partial charge in [-0.1, -0.05) is 12.1 Å². The average molecular weight is 409 g/mol. The lowest BCUT2D eigenvalue weighted by Crippen LogP contribution is -2.37. The summed E-state index contributed by atoms with van der Waals surface area (Å²) < 4.78 is 16.6. The van der Waals surface area contributed by atoms with Gasteiger partial charge in [0, 0.05) is 13.6 Å². The van der Waals surface area contributed by atoms with Gasteiger partial charge in [-0.3, -0.25) is 4.99 Å². The normalized spacial score (nSPS) is 11.3. The van der Waals surface area contributed by atoms with Crippen molar-refractivity contribution in [3.8, 4) is 17.2 Å². The van der Waals surface area contributed by atoms with Crippen LogP contribution >= 0.6 is 0 Å². The first-order valence-electron chi connectivity index (χ1n) is 9.85. The van der Waals surface area contributed by atoms with Crippen LogP contribution in [0.15, 0.2) is 57.9 Å². The second-order valence-electron chi connectivity index (χ2n) is 6.77. The van der Waals surface area contributed by atoms with Crippen molar-refractivity contribution in [3.63, 3.8) is 0 Å². The van der Waals surface area contributed by atoms with E-state index in [0.29, 0.717) is 18.4 Å². The Labute approximate surface area is 177 Å². The van der Waals surface area contributed by atoms with E-state index in [1.54, 1.807) is 14.2 Å². The second kappa shape index (κ2) is 10.3. The summed E-state index contributed by atoms with van der Waals surface area (Å²) >= 11 is 0. The fourth-order valence-corrected chi connectivity index (χ4v) is 2.82.